The van der Waals surface area contributed by atoms with Crippen LogP contribution in [-0.4, -0.2) is 8.42 Å². The largest absolute Gasteiger partial charge is 0.619 e. The van der Waals surface area contributed by atoms with E-state index in [4.69, 9.17) is 17.3 Å². The van der Waals surface area contributed by atoms with Crippen LogP contribution in [-0.2, 0) is 15.4 Å². The van der Waals surface area contributed by atoms with E-state index in [-0.39, 0.29) is 10.3 Å². The molecule has 6 nitrogen and oxygen atoms in total. The van der Waals surface area contributed by atoms with Gasteiger partial charge in [-0.2, -0.15) is 4.73 Å². The van der Waals surface area contributed by atoms with E-state index in [0.29, 0.717) is 26.6 Å². The normalized spacial score (nSPS) is 13.1. The fourth-order valence-electron chi connectivity index (χ4n) is 3.03. The Kier molecular flexibility index (Phi) is 6.08. The van der Waals surface area contributed by atoms with Crippen LogP contribution in [0.1, 0.15) is 43.5 Å². The number of hydrogen-bond donors (Lipinski definition) is 2. The van der Waals surface area contributed by atoms with Crippen molar-refractivity contribution in [3.05, 3.63) is 93.9 Å². The van der Waals surface area contributed by atoms with Gasteiger partial charge in [-0.3, -0.25) is 4.72 Å². The highest BCUT2D eigenvalue weighted by Gasteiger charge is 2.21. The molecule has 0 aliphatic heterocycles. The average molecular weight is 446 g/mol. The summed E-state index contributed by atoms with van der Waals surface area (Å²) in [7, 11) is -3.84. The Labute approximate surface area is 182 Å². The quantitative estimate of drug-likeness (QED) is 0.455. The number of anilines is 1. The second kappa shape index (κ2) is 8.26. The predicted octanol–water partition coefficient (Wildman–Crippen LogP) is 4.12. The Morgan fingerprint density at radius 2 is 1.63 bits per heavy atom. The van der Waals surface area contributed by atoms with Crippen LogP contribution in [0.2, 0.25) is 5.02 Å². The molecule has 0 saturated heterocycles. The Morgan fingerprint density at radius 3 is 2.20 bits per heavy atom. The summed E-state index contributed by atoms with van der Waals surface area (Å²) in [6.45, 7) is 6.19. The number of hydrogen-bond acceptors (Lipinski definition) is 4. The van der Waals surface area contributed by atoms with E-state index < -0.39 is 16.1 Å². The van der Waals surface area contributed by atoms with Gasteiger partial charge in [-0.05, 0) is 52.4 Å². The number of benzene rings is 2. The summed E-state index contributed by atoms with van der Waals surface area (Å²) in [5, 5.41) is 11.7. The van der Waals surface area contributed by atoms with Crippen molar-refractivity contribution in [3.8, 4) is 0 Å². The van der Waals surface area contributed by atoms with Crippen molar-refractivity contribution in [2.24, 2.45) is 5.73 Å². The molecule has 2 aromatic carbocycles. The van der Waals surface area contributed by atoms with Gasteiger partial charge in [0.15, 0.2) is 12.4 Å². The average Bonchev–Trinajstić information content (AvgIpc) is 2.69. The number of aromatic nitrogens is 1. The number of rotatable bonds is 5. The van der Waals surface area contributed by atoms with Crippen LogP contribution >= 0.6 is 11.6 Å². The summed E-state index contributed by atoms with van der Waals surface area (Å²) in [6, 6.07) is 14.1. The van der Waals surface area contributed by atoms with Crippen LogP contribution in [0.25, 0.3) is 0 Å². The van der Waals surface area contributed by atoms with Gasteiger partial charge in [0.2, 0.25) is 0 Å². The van der Waals surface area contributed by atoms with Crippen molar-refractivity contribution in [2.75, 3.05) is 4.72 Å². The second-order valence-electron chi connectivity index (χ2n) is 8.08. The SMILES string of the molecule is CC(C)(C)c1ccc(S(=O)(=O)Nc2ccc(Cl)cc2C(N)c2cc[n+]([O-])cc2)cc1. The molecule has 0 aliphatic rings. The zero-order chi connectivity index (χ0) is 22.1. The molecule has 0 fully saturated rings. The zero-order valence-corrected chi connectivity index (χ0v) is 18.5. The molecule has 0 spiro atoms. The molecule has 0 bridgehead atoms. The first-order valence-corrected chi connectivity index (χ1v) is 11.2. The maximum atomic E-state index is 13.0. The van der Waals surface area contributed by atoms with Gasteiger partial charge >= 0.3 is 0 Å². The van der Waals surface area contributed by atoms with Gasteiger partial charge in [-0.25, -0.2) is 8.42 Å². The Hall–Kier alpha value is -2.61. The Balaban J connectivity index is 1.95. The maximum absolute atomic E-state index is 13.0. The van der Waals surface area contributed by atoms with Crippen molar-refractivity contribution < 1.29 is 13.1 Å². The minimum Gasteiger partial charge on any atom is -0.619 e. The van der Waals surface area contributed by atoms with Gasteiger partial charge in [0, 0.05) is 17.2 Å². The Morgan fingerprint density at radius 1 is 1.03 bits per heavy atom. The lowest BCUT2D eigenvalue weighted by Crippen LogP contribution is -2.25. The van der Waals surface area contributed by atoms with E-state index >= 15 is 0 Å². The molecule has 3 aromatic rings. The third-order valence-electron chi connectivity index (χ3n) is 4.81. The highest BCUT2D eigenvalue weighted by atomic mass is 35.5. The minimum absolute atomic E-state index is 0.0796. The molecule has 3 rings (SSSR count). The third-order valence-corrected chi connectivity index (χ3v) is 6.43. The number of halogens is 1. The second-order valence-corrected chi connectivity index (χ2v) is 10.2. The molecule has 1 unspecified atom stereocenters. The molecule has 0 amide bonds. The molecule has 0 radical (unpaired) electrons. The predicted molar refractivity (Wildman–Crippen MR) is 119 cm³/mol. The number of nitrogens with two attached hydrogens (primary N) is 1. The highest BCUT2D eigenvalue weighted by molar-refractivity contribution is 7.92. The molecule has 1 atom stereocenters. The van der Waals surface area contributed by atoms with Crippen LogP contribution in [0.3, 0.4) is 0 Å². The summed E-state index contributed by atoms with van der Waals surface area (Å²) < 4.78 is 29.2. The number of nitrogens with zero attached hydrogens (tertiary/aromatic N) is 1. The van der Waals surface area contributed by atoms with Crippen LogP contribution in [0.5, 0.6) is 0 Å². The molecular formula is C22H24ClN3O3S. The first-order chi connectivity index (χ1) is 14.0. The van der Waals surface area contributed by atoms with Gasteiger partial charge < -0.3 is 10.9 Å². The molecule has 0 saturated carbocycles. The van der Waals surface area contributed by atoms with Crippen molar-refractivity contribution in [3.63, 3.8) is 0 Å². The van der Waals surface area contributed by atoms with Crippen molar-refractivity contribution >= 4 is 27.3 Å². The van der Waals surface area contributed by atoms with Crippen molar-refractivity contribution in [2.45, 2.75) is 37.1 Å². The summed E-state index contributed by atoms with van der Waals surface area (Å²) in [6.07, 6.45) is 2.67. The zero-order valence-electron chi connectivity index (χ0n) is 17.0. The van der Waals surface area contributed by atoms with Gasteiger partial charge in [-0.15, -0.1) is 0 Å². The molecule has 0 aliphatic carbocycles. The molecule has 3 N–H and O–H groups in total. The molecular weight excluding hydrogens is 422 g/mol. The summed E-state index contributed by atoms with van der Waals surface area (Å²) in [5.41, 5.74) is 8.79. The minimum atomic E-state index is -3.84. The fraction of sp³-hybridized carbons (Fsp3) is 0.227. The number of sulfonamides is 1. The topological polar surface area (TPSA) is 99.1 Å². The summed E-state index contributed by atoms with van der Waals surface area (Å²) in [5.74, 6) is 0. The van der Waals surface area contributed by atoms with Crippen molar-refractivity contribution in [1.29, 1.82) is 0 Å². The van der Waals surface area contributed by atoms with Crippen LogP contribution in [0.4, 0.5) is 5.69 Å². The van der Waals surface area contributed by atoms with E-state index in [1.807, 2.05) is 12.1 Å². The highest BCUT2D eigenvalue weighted by Crippen LogP contribution is 2.31. The maximum Gasteiger partial charge on any atom is 0.261 e. The van der Waals surface area contributed by atoms with E-state index in [2.05, 4.69) is 25.5 Å². The van der Waals surface area contributed by atoms with E-state index in [0.717, 1.165) is 5.56 Å². The molecule has 30 heavy (non-hydrogen) atoms. The van der Waals surface area contributed by atoms with Gasteiger partial charge in [0.05, 0.1) is 16.6 Å². The lowest BCUT2D eigenvalue weighted by Gasteiger charge is -2.20. The standard InChI is InChI=1S/C22H24ClN3O3S/c1-22(2,3)16-4-7-18(8-5-16)30(28,29)25-20-9-6-17(23)14-19(20)21(24)15-10-12-26(27)13-11-15/h4-14,21,25H,24H2,1-3H3. The first kappa shape index (κ1) is 22.1. The summed E-state index contributed by atoms with van der Waals surface area (Å²) >= 11 is 6.14. The lowest BCUT2D eigenvalue weighted by molar-refractivity contribution is -0.605. The summed E-state index contributed by atoms with van der Waals surface area (Å²) in [4.78, 5) is 0.150. The molecule has 8 heteroatoms. The molecule has 1 heterocycles. The number of nitrogens with one attached hydrogen (secondary N) is 1. The van der Waals surface area contributed by atoms with Crippen LogP contribution in [0.15, 0.2) is 71.9 Å². The smallest absolute Gasteiger partial charge is 0.261 e. The van der Waals surface area contributed by atoms with Gasteiger partial charge in [0.25, 0.3) is 10.0 Å². The van der Waals surface area contributed by atoms with Crippen molar-refractivity contribution in [1.82, 2.24) is 0 Å². The first-order valence-electron chi connectivity index (χ1n) is 9.34. The fourth-order valence-corrected chi connectivity index (χ4v) is 4.30. The monoisotopic (exact) mass is 445 g/mol. The van der Waals surface area contributed by atoms with Crippen LogP contribution in [0, 0.1) is 5.21 Å². The van der Waals surface area contributed by atoms with E-state index in [1.54, 1.807) is 42.5 Å². The molecule has 1 aromatic heterocycles. The van der Waals surface area contributed by atoms with Gasteiger partial charge in [0.1, 0.15) is 0 Å². The van der Waals surface area contributed by atoms with E-state index in [9.17, 15) is 13.6 Å². The van der Waals surface area contributed by atoms with E-state index in [1.165, 1.54) is 12.4 Å². The third kappa shape index (κ3) is 4.92. The molecule has 158 valence electrons. The Bertz CT molecular complexity index is 1140. The van der Waals surface area contributed by atoms with Gasteiger partial charge in [-0.1, -0.05) is 44.5 Å². The van der Waals surface area contributed by atoms with Crippen LogP contribution < -0.4 is 15.2 Å². The number of pyridine rings is 1. The lowest BCUT2D eigenvalue weighted by atomic mass is 9.87.